The minimum atomic E-state index is -0.102. The summed E-state index contributed by atoms with van der Waals surface area (Å²) in [6.07, 6.45) is 1.06. The van der Waals surface area contributed by atoms with Gasteiger partial charge in [0.1, 0.15) is 6.29 Å². The molecule has 0 radical (unpaired) electrons. The third kappa shape index (κ3) is 1.46. The first-order chi connectivity index (χ1) is 7.56. The summed E-state index contributed by atoms with van der Waals surface area (Å²) in [4.78, 5) is 22.2. The van der Waals surface area contributed by atoms with Crippen molar-refractivity contribution in [3.8, 4) is 0 Å². The molecule has 0 saturated heterocycles. The van der Waals surface area contributed by atoms with Crippen molar-refractivity contribution in [1.82, 2.24) is 9.13 Å². The number of hydrogen-bond donors (Lipinski definition) is 0. The van der Waals surface area contributed by atoms with Gasteiger partial charge in [-0.3, -0.25) is 9.13 Å². The molecule has 0 amide bonds. The van der Waals surface area contributed by atoms with E-state index in [-0.39, 0.29) is 12.1 Å². The van der Waals surface area contributed by atoms with Gasteiger partial charge in [-0.2, -0.15) is 0 Å². The van der Waals surface area contributed by atoms with Crippen LogP contribution < -0.4 is 5.69 Å². The molecule has 0 atom stereocenters. The van der Waals surface area contributed by atoms with E-state index in [2.05, 4.69) is 0 Å². The average molecular weight is 239 g/mol. The normalized spacial score (nSPS) is 10.9. The maximum absolute atomic E-state index is 11.7. The monoisotopic (exact) mass is 238 g/mol. The van der Waals surface area contributed by atoms with E-state index >= 15 is 0 Å². The Morgan fingerprint density at radius 2 is 1.81 bits per heavy atom. The van der Waals surface area contributed by atoms with Crippen LogP contribution in [-0.4, -0.2) is 15.4 Å². The molecule has 84 valence electrons. The maximum atomic E-state index is 11.7. The number of halogens is 1. The Hall–Kier alpha value is -1.55. The molecule has 0 aliphatic carbocycles. The molecule has 0 saturated carbocycles. The number of aldehydes is 1. The zero-order valence-electron chi connectivity index (χ0n) is 9.03. The molecule has 16 heavy (non-hydrogen) atoms. The van der Waals surface area contributed by atoms with Gasteiger partial charge in [-0.25, -0.2) is 4.79 Å². The van der Waals surface area contributed by atoms with Crippen LogP contribution in [0.25, 0.3) is 11.0 Å². The minimum absolute atomic E-state index is 0.102. The van der Waals surface area contributed by atoms with E-state index in [0.29, 0.717) is 5.02 Å². The molecule has 2 rings (SSSR count). The fraction of sp³-hybridized carbons (Fsp3) is 0.273. The van der Waals surface area contributed by atoms with Crippen molar-refractivity contribution in [1.29, 1.82) is 0 Å². The molecular weight excluding hydrogens is 228 g/mol. The molecular formula is C11H11ClN2O2. The fourth-order valence-electron chi connectivity index (χ4n) is 1.81. The van der Waals surface area contributed by atoms with Crippen LogP contribution in [0.4, 0.5) is 0 Å². The number of aromatic nitrogens is 2. The van der Waals surface area contributed by atoms with E-state index in [1.54, 1.807) is 30.8 Å². The SMILES string of the molecule is Cn1c(=O)n(C)c2cc(CC=O)c(Cl)cc21. The van der Waals surface area contributed by atoms with Crippen LogP contribution in [0.2, 0.25) is 5.02 Å². The van der Waals surface area contributed by atoms with Crippen LogP contribution >= 0.6 is 11.6 Å². The van der Waals surface area contributed by atoms with Gasteiger partial charge in [-0.05, 0) is 17.7 Å². The summed E-state index contributed by atoms with van der Waals surface area (Å²) in [5.41, 5.74) is 2.19. The molecule has 0 fully saturated rings. The Morgan fingerprint density at radius 1 is 1.25 bits per heavy atom. The lowest BCUT2D eigenvalue weighted by Gasteiger charge is -2.02. The largest absolute Gasteiger partial charge is 0.328 e. The Balaban J connectivity index is 2.84. The fourth-order valence-corrected chi connectivity index (χ4v) is 2.04. The lowest BCUT2D eigenvalue weighted by Crippen LogP contribution is -2.19. The van der Waals surface area contributed by atoms with E-state index in [1.165, 1.54) is 4.57 Å². The molecule has 1 heterocycles. The first kappa shape index (κ1) is 11.0. The van der Waals surface area contributed by atoms with Crippen molar-refractivity contribution >= 4 is 28.9 Å². The van der Waals surface area contributed by atoms with Gasteiger partial charge in [0.2, 0.25) is 0 Å². The van der Waals surface area contributed by atoms with Crippen LogP contribution in [0, 0.1) is 0 Å². The first-order valence-corrected chi connectivity index (χ1v) is 5.21. The number of fused-ring (bicyclic) bond motifs is 1. The summed E-state index contributed by atoms with van der Waals surface area (Å²) >= 11 is 6.03. The summed E-state index contributed by atoms with van der Waals surface area (Å²) in [7, 11) is 3.39. The van der Waals surface area contributed by atoms with Crippen molar-refractivity contribution < 1.29 is 4.79 Å². The second kappa shape index (κ2) is 3.79. The van der Waals surface area contributed by atoms with Gasteiger partial charge in [0.15, 0.2) is 0 Å². The van der Waals surface area contributed by atoms with Crippen LogP contribution in [0.15, 0.2) is 16.9 Å². The highest BCUT2D eigenvalue weighted by Gasteiger charge is 2.10. The van der Waals surface area contributed by atoms with Gasteiger partial charge >= 0.3 is 5.69 Å². The zero-order valence-corrected chi connectivity index (χ0v) is 9.78. The van der Waals surface area contributed by atoms with Gasteiger partial charge in [-0.15, -0.1) is 0 Å². The van der Waals surface area contributed by atoms with Crippen molar-refractivity contribution in [3.63, 3.8) is 0 Å². The quantitative estimate of drug-likeness (QED) is 0.740. The molecule has 0 spiro atoms. The number of benzene rings is 1. The Labute approximate surface area is 97.0 Å². The molecule has 0 bridgehead atoms. The van der Waals surface area contributed by atoms with E-state index in [9.17, 15) is 9.59 Å². The number of carbonyl (C=O) groups is 1. The summed E-state index contributed by atoms with van der Waals surface area (Å²) < 4.78 is 3.08. The number of aryl methyl sites for hydroxylation is 2. The molecule has 4 nitrogen and oxygen atoms in total. The molecule has 0 aliphatic heterocycles. The van der Waals surface area contributed by atoms with E-state index < -0.39 is 0 Å². The summed E-state index contributed by atoms with van der Waals surface area (Å²) in [5, 5.41) is 0.515. The second-order valence-electron chi connectivity index (χ2n) is 3.70. The van der Waals surface area contributed by atoms with Crippen LogP contribution in [0.5, 0.6) is 0 Å². The van der Waals surface area contributed by atoms with Crippen LogP contribution in [-0.2, 0) is 25.3 Å². The highest BCUT2D eigenvalue weighted by atomic mass is 35.5. The first-order valence-electron chi connectivity index (χ1n) is 4.83. The smallest absolute Gasteiger partial charge is 0.303 e. The molecule has 5 heteroatoms. The topological polar surface area (TPSA) is 44.0 Å². The highest BCUT2D eigenvalue weighted by molar-refractivity contribution is 6.32. The molecule has 0 N–H and O–H groups in total. The number of hydrogen-bond acceptors (Lipinski definition) is 2. The predicted octanol–water partition coefficient (Wildman–Crippen LogP) is 1.27. The standard InChI is InChI=1S/C11H11ClN2O2/c1-13-9-5-7(3-4-15)8(12)6-10(9)14(2)11(13)16/h4-6H,3H2,1-2H3. The number of carbonyl (C=O) groups excluding carboxylic acids is 1. The van der Waals surface area contributed by atoms with Crippen molar-refractivity contribution in [3.05, 3.63) is 33.2 Å². The Bertz CT molecular complexity index is 625. The molecule has 0 unspecified atom stereocenters. The Morgan fingerprint density at radius 3 is 2.38 bits per heavy atom. The van der Waals surface area contributed by atoms with Crippen LogP contribution in [0.1, 0.15) is 5.56 Å². The van der Waals surface area contributed by atoms with E-state index in [0.717, 1.165) is 22.9 Å². The molecule has 2 aromatic rings. The molecule has 0 aliphatic rings. The Kier molecular flexibility index (Phi) is 2.59. The van der Waals surface area contributed by atoms with E-state index in [1.807, 2.05) is 0 Å². The van der Waals surface area contributed by atoms with Crippen molar-refractivity contribution in [2.75, 3.05) is 0 Å². The lowest BCUT2D eigenvalue weighted by molar-refractivity contribution is -0.107. The number of rotatable bonds is 2. The predicted molar refractivity (Wildman–Crippen MR) is 62.9 cm³/mol. The summed E-state index contributed by atoms with van der Waals surface area (Å²) in [6.45, 7) is 0. The third-order valence-electron chi connectivity index (χ3n) is 2.74. The summed E-state index contributed by atoms with van der Waals surface area (Å²) in [6, 6.07) is 3.50. The average Bonchev–Trinajstić information content (AvgIpc) is 2.46. The lowest BCUT2D eigenvalue weighted by atomic mass is 10.1. The highest BCUT2D eigenvalue weighted by Crippen LogP contribution is 2.23. The van der Waals surface area contributed by atoms with Gasteiger partial charge in [0.05, 0.1) is 11.0 Å². The van der Waals surface area contributed by atoms with Gasteiger partial charge in [-0.1, -0.05) is 11.6 Å². The third-order valence-corrected chi connectivity index (χ3v) is 3.10. The van der Waals surface area contributed by atoms with Gasteiger partial charge in [0.25, 0.3) is 0 Å². The van der Waals surface area contributed by atoms with Crippen LogP contribution in [0.3, 0.4) is 0 Å². The molecule has 1 aromatic heterocycles. The summed E-state index contributed by atoms with van der Waals surface area (Å²) in [5.74, 6) is 0. The van der Waals surface area contributed by atoms with E-state index in [4.69, 9.17) is 11.6 Å². The zero-order chi connectivity index (χ0) is 11.9. The minimum Gasteiger partial charge on any atom is -0.303 e. The second-order valence-corrected chi connectivity index (χ2v) is 4.11. The number of nitrogens with zero attached hydrogens (tertiary/aromatic N) is 2. The number of imidazole rings is 1. The maximum Gasteiger partial charge on any atom is 0.328 e. The molecule has 1 aromatic carbocycles. The van der Waals surface area contributed by atoms with Crippen molar-refractivity contribution in [2.45, 2.75) is 6.42 Å². The van der Waals surface area contributed by atoms with Gasteiger partial charge in [0, 0.05) is 25.5 Å². The van der Waals surface area contributed by atoms with Gasteiger partial charge < -0.3 is 4.79 Å². The van der Waals surface area contributed by atoms with Crippen molar-refractivity contribution in [2.24, 2.45) is 14.1 Å².